The fourth-order valence-electron chi connectivity index (χ4n) is 2.39. The zero-order chi connectivity index (χ0) is 19.9. The summed E-state index contributed by atoms with van der Waals surface area (Å²) in [6, 6.07) is 13.9. The Bertz CT molecular complexity index is 1000. The molecule has 0 saturated carbocycles. The Hall–Kier alpha value is -3.87. The standard InChI is InChI=1S/C21H18N2O5/c1-14-11-22-21(23-12-14)28-16-7-5-6-15(10-16)27-19-9-4-3-8-17(19)18(13-26-2)20(24)25/h3-13H,1-2H3,(H,24,25)/b18-13-. The first-order chi connectivity index (χ1) is 13.6. The number of carboxylic acids is 1. The summed E-state index contributed by atoms with van der Waals surface area (Å²) < 4.78 is 16.4. The number of hydrogen-bond acceptors (Lipinski definition) is 6. The molecule has 3 rings (SSSR count). The Morgan fingerprint density at radius 2 is 1.68 bits per heavy atom. The molecule has 0 fully saturated rings. The van der Waals surface area contributed by atoms with Crippen molar-refractivity contribution in [1.29, 1.82) is 0 Å². The summed E-state index contributed by atoms with van der Waals surface area (Å²) in [6.07, 6.45) is 4.49. The number of carbonyl (C=O) groups is 1. The van der Waals surface area contributed by atoms with Crippen LogP contribution in [0.4, 0.5) is 0 Å². The van der Waals surface area contributed by atoms with E-state index in [0.29, 0.717) is 22.8 Å². The monoisotopic (exact) mass is 378 g/mol. The largest absolute Gasteiger partial charge is 0.503 e. The van der Waals surface area contributed by atoms with Gasteiger partial charge in [-0.05, 0) is 30.7 Å². The summed E-state index contributed by atoms with van der Waals surface area (Å²) in [5.74, 6) is 0.215. The molecule has 3 aromatic rings. The van der Waals surface area contributed by atoms with Crippen molar-refractivity contribution in [2.45, 2.75) is 6.92 Å². The predicted octanol–water partition coefficient (Wildman–Crippen LogP) is 4.44. The highest BCUT2D eigenvalue weighted by atomic mass is 16.5. The van der Waals surface area contributed by atoms with Gasteiger partial charge in [-0.25, -0.2) is 14.8 Å². The molecule has 0 aliphatic rings. The lowest BCUT2D eigenvalue weighted by molar-refractivity contribution is -0.130. The normalized spacial score (nSPS) is 11.0. The molecule has 0 amide bonds. The quantitative estimate of drug-likeness (QED) is 0.480. The third-order valence-electron chi connectivity index (χ3n) is 3.64. The Morgan fingerprint density at radius 1 is 1.00 bits per heavy atom. The second-order valence-corrected chi connectivity index (χ2v) is 5.79. The van der Waals surface area contributed by atoms with E-state index in [1.54, 1.807) is 60.9 Å². The van der Waals surface area contributed by atoms with Crippen molar-refractivity contribution in [3.8, 4) is 23.3 Å². The molecule has 0 aliphatic heterocycles. The topological polar surface area (TPSA) is 90.8 Å². The molecular formula is C21H18N2O5. The lowest BCUT2D eigenvalue weighted by Crippen LogP contribution is -2.02. The Kier molecular flexibility index (Phi) is 5.86. The molecule has 1 N–H and O–H groups in total. The summed E-state index contributed by atoms with van der Waals surface area (Å²) >= 11 is 0. The summed E-state index contributed by atoms with van der Waals surface area (Å²) in [4.78, 5) is 19.7. The number of aromatic nitrogens is 2. The van der Waals surface area contributed by atoms with Crippen LogP contribution in [0, 0.1) is 6.92 Å². The van der Waals surface area contributed by atoms with Gasteiger partial charge in [-0.1, -0.05) is 24.3 Å². The Labute approximate surface area is 161 Å². The van der Waals surface area contributed by atoms with E-state index in [1.165, 1.54) is 13.4 Å². The van der Waals surface area contributed by atoms with Crippen molar-refractivity contribution >= 4 is 11.5 Å². The molecule has 1 heterocycles. The number of aliphatic carboxylic acids is 1. The third-order valence-corrected chi connectivity index (χ3v) is 3.64. The van der Waals surface area contributed by atoms with Crippen LogP contribution in [0.3, 0.4) is 0 Å². The molecule has 0 aliphatic carbocycles. The molecule has 0 bridgehead atoms. The Balaban J connectivity index is 1.86. The number of nitrogens with zero attached hydrogens (tertiary/aromatic N) is 2. The highest BCUT2D eigenvalue weighted by Gasteiger charge is 2.16. The lowest BCUT2D eigenvalue weighted by Gasteiger charge is -2.12. The van der Waals surface area contributed by atoms with Gasteiger partial charge in [0.2, 0.25) is 0 Å². The SMILES string of the molecule is CO/C=C(\C(=O)O)c1ccccc1Oc1cccc(Oc2ncc(C)cn2)c1. The van der Waals surface area contributed by atoms with Gasteiger partial charge in [0.05, 0.1) is 13.4 Å². The van der Waals surface area contributed by atoms with Crippen LogP contribution in [-0.2, 0) is 9.53 Å². The summed E-state index contributed by atoms with van der Waals surface area (Å²) in [6.45, 7) is 1.89. The number of methoxy groups -OCH3 is 1. The van der Waals surface area contributed by atoms with Crippen LogP contribution in [0.25, 0.3) is 5.57 Å². The van der Waals surface area contributed by atoms with Crippen molar-refractivity contribution in [2.24, 2.45) is 0 Å². The van der Waals surface area contributed by atoms with E-state index in [1.807, 2.05) is 6.92 Å². The van der Waals surface area contributed by atoms with E-state index >= 15 is 0 Å². The van der Waals surface area contributed by atoms with Crippen LogP contribution < -0.4 is 9.47 Å². The van der Waals surface area contributed by atoms with E-state index in [9.17, 15) is 9.90 Å². The molecule has 0 spiro atoms. The first kappa shape index (κ1) is 18.9. The second-order valence-electron chi connectivity index (χ2n) is 5.79. The molecular weight excluding hydrogens is 360 g/mol. The minimum atomic E-state index is -1.12. The lowest BCUT2D eigenvalue weighted by atomic mass is 10.1. The minimum absolute atomic E-state index is 0.0152. The van der Waals surface area contributed by atoms with Crippen molar-refractivity contribution in [3.63, 3.8) is 0 Å². The van der Waals surface area contributed by atoms with Gasteiger partial charge in [0.25, 0.3) is 0 Å². The van der Waals surface area contributed by atoms with E-state index in [4.69, 9.17) is 14.2 Å². The average Bonchev–Trinajstić information content (AvgIpc) is 2.69. The molecule has 7 heteroatoms. The number of carboxylic acid groups (broad SMARTS) is 1. The van der Waals surface area contributed by atoms with Crippen LogP contribution in [-0.4, -0.2) is 28.2 Å². The number of aryl methyl sites for hydroxylation is 1. The van der Waals surface area contributed by atoms with Crippen LogP contribution in [0.2, 0.25) is 0 Å². The number of hydrogen-bond donors (Lipinski definition) is 1. The molecule has 1 aromatic heterocycles. The fourth-order valence-corrected chi connectivity index (χ4v) is 2.39. The van der Waals surface area contributed by atoms with E-state index in [2.05, 4.69) is 9.97 Å². The highest BCUT2D eigenvalue weighted by Crippen LogP contribution is 2.32. The predicted molar refractivity (Wildman–Crippen MR) is 102 cm³/mol. The van der Waals surface area contributed by atoms with E-state index < -0.39 is 5.97 Å². The zero-order valence-electron chi connectivity index (χ0n) is 15.3. The number of benzene rings is 2. The molecule has 0 atom stereocenters. The summed E-state index contributed by atoms with van der Waals surface area (Å²) in [5.41, 5.74) is 1.31. The van der Waals surface area contributed by atoms with Gasteiger partial charge >= 0.3 is 12.0 Å². The first-order valence-corrected chi connectivity index (χ1v) is 8.37. The summed E-state index contributed by atoms with van der Waals surface area (Å²) in [5, 5.41) is 9.44. The smallest absolute Gasteiger partial charge is 0.339 e. The molecule has 142 valence electrons. The van der Waals surface area contributed by atoms with Crippen LogP contribution in [0.1, 0.15) is 11.1 Å². The maximum absolute atomic E-state index is 11.5. The van der Waals surface area contributed by atoms with Gasteiger partial charge in [-0.15, -0.1) is 0 Å². The van der Waals surface area contributed by atoms with Gasteiger partial charge in [-0.3, -0.25) is 0 Å². The van der Waals surface area contributed by atoms with Crippen molar-refractivity contribution in [3.05, 3.63) is 78.3 Å². The molecule has 7 nitrogen and oxygen atoms in total. The van der Waals surface area contributed by atoms with Crippen molar-refractivity contribution < 1.29 is 24.1 Å². The van der Waals surface area contributed by atoms with Gasteiger partial charge in [0.1, 0.15) is 22.8 Å². The molecule has 0 saturated heterocycles. The first-order valence-electron chi connectivity index (χ1n) is 8.37. The van der Waals surface area contributed by atoms with Gasteiger partial charge in [-0.2, -0.15) is 0 Å². The number of rotatable bonds is 7. The van der Waals surface area contributed by atoms with Crippen LogP contribution >= 0.6 is 0 Å². The zero-order valence-corrected chi connectivity index (χ0v) is 15.3. The molecule has 2 aromatic carbocycles. The third kappa shape index (κ3) is 4.64. The molecule has 28 heavy (non-hydrogen) atoms. The summed E-state index contributed by atoms with van der Waals surface area (Å²) in [7, 11) is 1.39. The van der Waals surface area contributed by atoms with E-state index in [-0.39, 0.29) is 11.6 Å². The van der Waals surface area contributed by atoms with Gasteiger partial charge in [0.15, 0.2) is 0 Å². The van der Waals surface area contributed by atoms with Crippen LogP contribution in [0.5, 0.6) is 23.3 Å². The fraction of sp³-hybridized carbons (Fsp3) is 0.0952. The number of para-hydroxylation sites is 1. The maximum Gasteiger partial charge on any atom is 0.339 e. The second kappa shape index (κ2) is 8.68. The average molecular weight is 378 g/mol. The number of ether oxygens (including phenoxy) is 3. The highest BCUT2D eigenvalue weighted by molar-refractivity contribution is 6.15. The van der Waals surface area contributed by atoms with Crippen molar-refractivity contribution in [1.82, 2.24) is 9.97 Å². The molecule has 0 unspecified atom stereocenters. The van der Waals surface area contributed by atoms with Gasteiger partial charge in [0, 0.05) is 24.0 Å². The van der Waals surface area contributed by atoms with Crippen LogP contribution in [0.15, 0.2) is 67.2 Å². The van der Waals surface area contributed by atoms with E-state index in [0.717, 1.165) is 5.56 Å². The minimum Gasteiger partial charge on any atom is -0.503 e. The van der Waals surface area contributed by atoms with Gasteiger partial charge < -0.3 is 19.3 Å². The maximum atomic E-state index is 11.5. The van der Waals surface area contributed by atoms with Crippen molar-refractivity contribution in [2.75, 3.05) is 7.11 Å². The Morgan fingerprint density at radius 3 is 2.36 bits per heavy atom. The molecule has 0 radical (unpaired) electrons.